The van der Waals surface area contributed by atoms with Crippen LogP contribution in [0.25, 0.3) is 0 Å². The molecule has 0 fully saturated rings. The first-order valence-electron chi connectivity index (χ1n) is 4.61. The summed E-state index contributed by atoms with van der Waals surface area (Å²) in [6.45, 7) is 0. The zero-order chi connectivity index (χ0) is 14.1. The van der Waals surface area contributed by atoms with Gasteiger partial charge in [-0.3, -0.25) is 0 Å². The van der Waals surface area contributed by atoms with Gasteiger partial charge in [0.25, 0.3) is 0 Å². The van der Waals surface area contributed by atoms with Crippen LogP contribution in [0.3, 0.4) is 0 Å². The molecular weight excluding hydrogens is 278 g/mol. The van der Waals surface area contributed by atoms with Crippen LogP contribution < -0.4 is 5.73 Å². The maximum atomic E-state index is 13.3. The topological polar surface area (TPSA) is 63.3 Å². The molecule has 0 heterocycles. The molecule has 3 N–H and O–H groups in total. The zero-order valence-corrected chi connectivity index (χ0v) is 9.52. The van der Waals surface area contributed by atoms with Crippen molar-refractivity contribution in [2.45, 2.75) is 18.1 Å². The van der Waals surface area contributed by atoms with Gasteiger partial charge in [0.1, 0.15) is 5.82 Å². The van der Waals surface area contributed by atoms with Gasteiger partial charge < -0.3 is 10.8 Å². The molecule has 0 amide bonds. The molecule has 0 aliphatic carbocycles. The molecule has 1 aromatic carbocycles. The van der Waals surface area contributed by atoms with E-state index in [0.29, 0.717) is 0 Å². The third kappa shape index (κ3) is 2.73. The molecule has 1 rings (SSSR count). The van der Waals surface area contributed by atoms with Crippen LogP contribution in [0.4, 0.5) is 17.6 Å². The van der Waals surface area contributed by atoms with E-state index in [1.807, 2.05) is 0 Å². The lowest BCUT2D eigenvalue weighted by Crippen LogP contribution is -2.61. The highest BCUT2D eigenvalue weighted by Crippen LogP contribution is 2.32. The SMILES string of the molecule is NC(Cc1cc(Cl)ccc1F)(C(=O)O)C(F)(F)F. The Kier molecular flexibility index (Phi) is 3.87. The average Bonchev–Trinajstić information content (AvgIpc) is 2.21. The summed E-state index contributed by atoms with van der Waals surface area (Å²) in [4.78, 5) is 10.7. The second-order valence-electron chi connectivity index (χ2n) is 3.69. The Hall–Kier alpha value is -1.34. The summed E-state index contributed by atoms with van der Waals surface area (Å²) in [6, 6.07) is 2.89. The molecule has 0 spiro atoms. The van der Waals surface area contributed by atoms with Crippen LogP contribution in [0.1, 0.15) is 5.56 Å². The van der Waals surface area contributed by atoms with Gasteiger partial charge in [-0.1, -0.05) is 11.6 Å². The number of halogens is 5. The molecule has 0 aliphatic heterocycles. The highest BCUT2D eigenvalue weighted by molar-refractivity contribution is 6.30. The molecule has 18 heavy (non-hydrogen) atoms. The van der Waals surface area contributed by atoms with Crippen LogP contribution in [-0.2, 0) is 11.2 Å². The van der Waals surface area contributed by atoms with Crippen molar-refractivity contribution in [3.63, 3.8) is 0 Å². The molecule has 0 aliphatic rings. The Balaban J connectivity index is 3.20. The minimum absolute atomic E-state index is 0.0127. The first-order valence-corrected chi connectivity index (χ1v) is 4.98. The van der Waals surface area contributed by atoms with Gasteiger partial charge in [-0.25, -0.2) is 9.18 Å². The first-order chi connectivity index (χ1) is 8.08. The summed E-state index contributed by atoms with van der Waals surface area (Å²) in [6.07, 6.45) is -6.45. The van der Waals surface area contributed by atoms with E-state index in [2.05, 4.69) is 0 Å². The van der Waals surface area contributed by atoms with E-state index >= 15 is 0 Å². The molecule has 3 nitrogen and oxygen atoms in total. The number of hydrogen-bond acceptors (Lipinski definition) is 2. The number of alkyl halides is 3. The number of carboxylic acid groups (broad SMARTS) is 1. The van der Waals surface area contributed by atoms with Crippen LogP contribution in [-0.4, -0.2) is 22.8 Å². The van der Waals surface area contributed by atoms with E-state index in [4.69, 9.17) is 22.4 Å². The molecule has 8 heteroatoms. The van der Waals surface area contributed by atoms with Gasteiger partial charge in [-0.2, -0.15) is 13.2 Å². The number of carboxylic acids is 1. The number of hydrogen-bond donors (Lipinski definition) is 2. The van der Waals surface area contributed by atoms with Crippen LogP contribution in [0.15, 0.2) is 18.2 Å². The Bertz CT molecular complexity index is 477. The Morgan fingerprint density at radius 3 is 2.39 bits per heavy atom. The number of nitrogens with two attached hydrogens (primary N) is 1. The third-order valence-electron chi connectivity index (χ3n) is 2.36. The van der Waals surface area contributed by atoms with E-state index < -0.39 is 35.5 Å². The lowest BCUT2D eigenvalue weighted by Gasteiger charge is -2.27. The number of carbonyl (C=O) groups is 1. The molecule has 0 aromatic heterocycles. The van der Waals surface area contributed by atoms with Crippen LogP contribution >= 0.6 is 11.6 Å². The molecule has 100 valence electrons. The fourth-order valence-electron chi connectivity index (χ4n) is 1.28. The van der Waals surface area contributed by atoms with E-state index in [1.54, 1.807) is 0 Å². The molecule has 1 aromatic rings. The standard InChI is InChI=1S/C10H8ClF4NO2/c11-6-1-2-7(12)5(3-6)4-9(16,8(17)18)10(13,14)15/h1-3H,4,16H2,(H,17,18). The quantitative estimate of drug-likeness (QED) is 0.838. The summed E-state index contributed by atoms with van der Waals surface area (Å²) in [5.41, 5.74) is 0.768. The molecular formula is C10H8ClF4NO2. The van der Waals surface area contributed by atoms with Crippen molar-refractivity contribution in [3.05, 3.63) is 34.6 Å². The van der Waals surface area contributed by atoms with Crippen LogP contribution in [0.5, 0.6) is 0 Å². The van der Waals surface area contributed by atoms with Gasteiger partial charge in [-0.05, 0) is 23.8 Å². The summed E-state index contributed by atoms with van der Waals surface area (Å²) in [5.74, 6) is -3.28. The van der Waals surface area contributed by atoms with Crippen LogP contribution in [0, 0.1) is 5.82 Å². The second-order valence-corrected chi connectivity index (χ2v) is 4.12. The van der Waals surface area contributed by atoms with Crippen molar-refractivity contribution in [3.8, 4) is 0 Å². The van der Waals surface area contributed by atoms with Gasteiger partial charge in [-0.15, -0.1) is 0 Å². The van der Waals surface area contributed by atoms with Gasteiger partial charge in [0.2, 0.25) is 5.54 Å². The monoisotopic (exact) mass is 285 g/mol. The van der Waals surface area contributed by atoms with Gasteiger partial charge in [0.15, 0.2) is 0 Å². The number of aliphatic carboxylic acids is 1. The van der Waals surface area contributed by atoms with E-state index in [9.17, 15) is 22.4 Å². The smallest absolute Gasteiger partial charge is 0.417 e. The maximum absolute atomic E-state index is 13.3. The maximum Gasteiger partial charge on any atom is 0.417 e. The Morgan fingerprint density at radius 2 is 1.94 bits per heavy atom. The molecule has 0 radical (unpaired) electrons. The minimum Gasteiger partial charge on any atom is -0.480 e. The predicted octanol–water partition coefficient (Wildman–Crippen LogP) is 2.37. The average molecular weight is 286 g/mol. The summed E-state index contributed by atoms with van der Waals surface area (Å²) in [5, 5.41) is 8.58. The second kappa shape index (κ2) is 4.74. The summed E-state index contributed by atoms with van der Waals surface area (Å²) < 4.78 is 51.1. The first kappa shape index (κ1) is 14.7. The predicted molar refractivity (Wildman–Crippen MR) is 55.7 cm³/mol. The van der Waals surface area contributed by atoms with Gasteiger partial charge in [0, 0.05) is 11.4 Å². The normalized spacial score (nSPS) is 15.2. The molecule has 0 bridgehead atoms. The Labute approximate surface area is 104 Å². The molecule has 0 saturated carbocycles. The van der Waals surface area contributed by atoms with Crippen LogP contribution in [0.2, 0.25) is 5.02 Å². The fourth-order valence-corrected chi connectivity index (χ4v) is 1.47. The minimum atomic E-state index is -5.21. The van der Waals surface area contributed by atoms with Crippen molar-refractivity contribution in [2.75, 3.05) is 0 Å². The lowest BCUT2D eigenvalue weighted by molar-refractivity contribution is -0.201. The lowest BCUT2D eigenvalue weighted by atomic mass is 9.91. The van der Waals surface area contributed by atoms with E-state index in [1.165, 1.54) is 0 Å². The molecule has 0 saturated heterocycles. The van der Waals surface area contributed by atoms with E-state index in [0.717, 1.165) is 18.2 Å². The molecule has 1 unspecified atom stereocenters. The van der Waals surface area contributed by atoms with Crippen molar-refractivity contribution in [2.24, 2.45) is 5.73 Å². The summed E-state index contributed by atoms with van der Waals surface area (Å²) >= 11 is 5.50. The van der Waals surface area contributed by atoms with Crippen molar-refractivity contribution < 1.29 is 27.5 Å². The number of benzene rings is 1. The molecule has 1 atom stereocenters. The highest BCUT2D eigenvalue weighted by Gasteiger charge is 2.58. The fraction of sp³-hybridized carbons (Fsp3) is 0.300. The van der Waals surface area contributed by atoms with Crippen molar-refractivity contribution >= 4 is 17.6 Å². The Morgan fingerprint density at radius 1 is 1.39 bits per heavy atom. The van der Waals surface area contributed by atoms with E-state index in [-0.39, 0.29) is 5.02 Å². The van der Waals surface area contributed by atoms with Crippen molar-refractivity contribution in [1.29, 1.82) is 0 Å². The zero-order valence-electron chi connectivity index (χ0n) is 8.76. The number of rotatable bonds is 3. The largest absolute Gasteiger partial charge is 0.480 e. The van der Waals surface area contributed by atoms with Gasteiger partial charge in [0.05, 0.1) is 0 Å². The third-order valence-corrected chi connectivity index (χ3v) is 2.60. The highest BCUT2D eigenvalue weighted by atomic mass is 35.5. The van der Waals surface area contributed by atoms with Gasteiger partial charge >= 0.3 is 12.1 Å². The van der Waals surface area contributed by atoms with Crippen molar-refractivity contribution in [1.82, 2.24) is 0 Å². The summed E-state index contributed by atoms with van der Waals surface area (Å²) in [7, 11) is 0.